The van der Waals surface area contributed by atoms with Crippen LogP contribution in [0.1, 0.15) is 0 Å². The van der Waals surface area contributed by atoms with E-state index in [9.17, 15) is 8.42 Å². The Bertz CT molecular complexity index is 440. The Balaban J connectivity index is 3.28. The lowest BCUT2D eigenvalue weighted by molar-refractivity contribution is 0.598. The molecule has 0 saturated heterocycles. The van der Waals surface area contributed by atoms with Crippen molar-refractivity contribution in [1.82, 2.24) is 0 Å². The zero-order valence-electron chi connectivity index (χ0n) is 8.06. The van der Waals surface area contributed by atoms with Gasteiger partial charge >= 0.3 is 0 Å². The fourth-order valence-electron chi connectivity index (χ4n) is 1.07. The number of nitrogen functional groups attached to an aromatic ring is 1. The van der Waals surface area contributed by atoms with Crippen LogP contribution in [0.15, 0.2) is 23.1 Å². The Morgan fingerprint density at radius 3 is 2.21 bits per heavy atom. The van der Waals surface area contributed by atoms with Gasteiger partial charge in [0.15, 0.2) is 0 Å². The number of hydrogen-bond acceptors (Lipinski definition) is 4. The molecule has 0 unspecified atom stereocenters. The molecule has 0 radical (unpaired) electrons. The summed E-state index contributed by atoms with van der Waals surface area (Å²) in [5.41, 5.74) is 6.55. The number of nitrogens with zero attached hydrogens (tertiary/aromatic N) is 1. The summed E-state index contributed by atoms with van der Waals surface area (Å²) in [6.07, 6.45) is 0. The first-order valence-electron chi connectivity index (χ1n) is 3.92. The van der Waals surface area contributed by atoms with Gasteiger partial charge in [-0.2, -0.15) is 0 Å². The number of benzene rings is 1. The zero-order chi connectivity index (χ0) is 10.9. The third-order valence-electron chi connectivity index (χ3n) is 1.82. The van der Waals surface area contributed by atoms with E-state index in [1.54, 1.807) is 12.1 Å². The maximum Gasteiger partial charge on any atom is 0.240 e. The molecule has 0 atom stereocenters. The highest BCUT2D eigenvalue weighted by molar-refractivity contribution is 7.89. The van der Waals surface area contributed by atoms with E-state index in [0.29, 0.717) is 0 Å². The van der Waals surface area contributed by atoms with E-state index >= 15 is 0 Å². The first-order valence-corrected chi connectivity index (χ1v) is 5.46. The highest BCUT2D eigenvalue weighted by atomic mass is 32.2. The minimum atomic E-state index is -3.72. The highest BCUT2D eigenvalue weighted by Gasteiger charge is 2.12. The fourth-order valence-corrected chi connectivity index (χ4v) is 1.72. The molecular formula is C8H13N3O2S. The van der Waals surface area contributed by atoms with Gasteiger partial charge in [0.1, 0.15) is 4.90 Å². The maximum absolute atomic E-state index is 11.0. The first kappa shape index (κ1) is 10.8. The van der Waals surface area contributed by atoms with Gasteiger partial charge in [0.25, 0.3) is 0 Å². The van der Waals surface area contributed by atoms with Crippen molar-refractivity contribution in [3.8, 4) is 0 Å². The van der Waals surface area contributed by atoms with Crippen LogP contribution in [0.3, 0.4) is 0 Å². The van der Waals surface area contributed by atoms with Crippen LogP contribution >= 0.6 is 0 Å². The molecule has 0 fully saturated rings. The van der Waals surface area contributed by atoms with E-state index in [1.165, 1.54) is 6.07 Å². The summed E-state index contributed by atoms with van der Waals surface area (Å²) < 4.78 is 22.0. The van der Waals surface area contributed by atoms with Gasteiger partial charge in [-0.05, 0) is 18.2 Å². The van der Waals surface area contributed by atoms with Gasteiger partial charge in [-0.25, -0.2) is 13.6 Å². The lowest BCUT2D eigenvalue weighted by Crippen LogP contribution is -2.15. The number of anilines is 2. The molecule has 78 valence electrons. The summed E-state index contributed by atoms with van der Waals surface area (Å²) in [7, 11) is -0.0421. The number of nitrogens with two attached hydrogens (primary N) is 2. The molecule has 0 amide bonds. The Morgan fingerprint density at radius 1 is 1.29 bits per heavy atom. The Hall–Kier alpha value is -1.27. The number of hydrogen-bond donors (Lipinski definition) is 2. The summed E-state index contributed by atoms with van der Waals surface area (Å²) >= 11 is 0. The minimum absolute atomic E-state index is 0.0388. The third-order valence-corrected chi connectivity index (χ3v) is 2.80. The van der Waals surface area contributed by atoms with E-state index < -0.39 is 10.0 Å². The smallest absolute Gasteiger partial charge is 0.240 e. The van der Waals surface area contributed by atoms with Gasteiger partial charge in [-0.15, -0.1) is 0 Å². The molecule has 0 heterocycles. The largest absolute Gasteiger partial charge is 0.398 e. The van der Waals surface area contributed by atoms with Crippen LogP contribution in [0.5, 0.6) is 0 Å². The highest BCUT2D eigenvalue weighted by Crippen LogP contribution is 2.22. The van der Waals surface area contributed by atoms with Gasteiger partial charge < -0.3 is 10.6 Å². The first-order chi connectivity index (χ1) is 6.32. The molecule has 0 aliphatic carbocycles. The lowest BCUT2D eigenvalue weighted by atomic mass is 10.3. The molecule has 0 bridgehead atoms. The monoisotopic (exact) mass is 215 g/mol. The number of sulfonamides is 1. The number of rotatable bonds is 2. The van der Waals surface area contributed by atoms with Crippen LogP contribution in [0.2, 0.25) is 0 Å². The van der Waals surface area contributed by atoms with Crippen LogP contribution in [-0.4, -0.2) is 22.5 Å². The van der Waals surface area contributed by atoms with E-state index in [1.807, 2.05) is 19.0 Å². The minimum Gasteiger partial charge on any atom is -0.398 e. The molecule has 1 aromatic rings. The van der Waals surface area contributed by atoms with Crippen molar-refractivity contribution in [2.24, 2.45) is 5.14 Å². The molecule has 14 heavy (non-hydrogen) atoms. The standard InChI is InChI=1S/C8H13N3O2S/c1-11(2)6-3-4-8(7(9)5-6)14(10,12)13/h3-5H,9H2,1-2H3,(H2,10,12,13). The van der Waals surface area contributed by atoms with Crippen molar-refractivity contribution in [1.29, 1.82) is 0 Å². The van der Waals surface area contributed by atoms with Crippen molar-refractivity contribution in [3.63, 3.8) is 0 Å². The van der Waals surface area contributed by atoms with Crippen LogP contribution in [0, 0.1) is 0 Å². The summed E-state index contributed by atoms with van der Waals surface area (Å²) in [5.74, 6) is 0. The van der Waals surface area contributed by atoms with Crippen LogP contribution < -0.4 is 15.8 Å². The van der Waals surface area contributed by atoms with E-state index in [4.69, 9.17) is 10.9 Å². The molecule has 0 aromatic heterocycles. The molecule has 1 rings (SSSR count). The molecule has 0 saturated carbocycles. The van der Waals surface area contributed by atoms with Crippen molar-refractivity contribution in [3.05, 3.63) is 18.2 Å². The quantitative estimate of drug-likeness (QED) is 0.678. The topological polar surface area (TPSA) is 89.4 Å². The summed E-state index contributed by atoms with van der Waals surface area (Å²) in [6.45, 7) is 0. The average molecular weight is 215 g/mol. The predicted molar refractivity (Wildman–Crippen MR) is 56.6 cm³/mol. The number of primary sulfonamides is 1. The second-order valence-corrected chi connectivity index (χ2v) is 4.69. The lowest BCUT2D eigenvalue weighted by Gasteiger charge is -2.13. The van der Waals surface area contributed by atoms with Crippen molar-refractivity contribution in [2.75, 3.05) is 24.7 Å². The van der Waals surface area contributed by atoms with Gasteiger partial charge in [0.2, 0.25) is 10.0 Å². The van der Waals surface area contributed by atoms with E-state index in [-0.39, 0.29) is 10.6 Å². The molecule has 5 nitrogen and oxygen atoms in total. The molecular weight excluding hydrogens is 202 g/mol. The van der Waals surface area contributed by atoms with Crippen molar-refractivity contribution < 1.29 is 8.42 Å². The Labute approximate surface area is 83.4 Å². The van der Waals surface area contributed by atoms with Crippen LogP contribution in [-0.2, 0) is 10.0 Å². The van der Waals surface area contributed by atoms with Crippen LogP contribution in [0.4, 0.5) is 11.4 Å². The van der Waals surface area contributed by atoms with Gasteiger partial charge in [0, 0.05) is 19.8 Å². The van der Waals surface area contributed by atoms with Crippen molar-refractivity contribution in [2.45, 2.75) is 4.90 Å². The molecule has 0 spiro atoms. The Morgan fingerprint density at radius 2 is 1.86 bits per heavy atom. The van der Waals surface area contributed by atoms with E-state index in [0.717, 1.165) is 5.69 Å². The average Bonchev–Trinajstić information content (AvgIpc) is 2.01. The SMILES string of the molecule is CN(C)c1ccc(S(N)(=O)=O)c(N)c1. The van der Waals surface area contributed by atoms with Gasteiger partial charge in [0.05, 0.1) is 5.69 Å². The summed E-state index contributed by atoms with van der Waals surface area (Å²) in [4.78, 5) is 1.78. The zero-order valence-corrected chi connectivity index (χ0v) is 8.88. The second-order valence-electron chi connectivity index (χ2n) is 3.16. The molecule has 6 heteroatoms. The normalized spacial score (nSPS) is 11.4. The Kier molecular flexibility index (Phi) is 2.68. The fraction of sp³-hybridized carbons (Fsp3) is 0.250. The summed E-state index contributed by atoms with van der Waals surface area (Å²) in [5, 5.41) is 4.96. The predicted octanol–water partition coefficient (Wildman–Crippen LogP) is -0.0178. The van der Waals surface area contributed by atoms with Gasteiger partial charge in [-0.3, -0.25) is 0 Å². The van der Waals surface area contributed by atoms with E-state index in [2.05, 4.69) is 0 Å². The van der Waals surface area contributed by atoms with Crippen molar-refractivity contribution >= 4 is 21.4 Å². The molecule has 1 aromatic carbocycles. The molecule has 4 N–H and O–H groups in total. The summed E-state index contributed by atoms with van der Waals surface area (Å²) in [6, 6.07) is 4.62. The second kappa shape index (κ2) is 3.47. The molecule has 0 aliphatic heterocycles. The van der Waals surface area contributed by atoms with Crippen LogP contribution in [0.25, 0.3) is 0 Å². The third kappa shape index (κ3) is 2.15. The van der Waals surface area contributed by atoms with Gasteiger partial charge in [-0.1, -0.05) is 0 Å². The molecule has 0 aliphatic rings. The maximum atomic E-state index is 11.0.